The molecule has 0 spiro atoms. The molecule has 0 aliphatic rings. The number of aryl methyl sites for hydroxylation is 2. The number of hydrogen-bond acceptors (Lipinski definition) is 3. The van der Waals surface area contributed by atoms with E-state index < -0.39 is 5.97 Å². The Morgan fingerprint density at radius 2 is 2.00 bits per heavy atom. The van der Waals surface area contributed by atoms with Gasteiger partial charge in [-0.25, -0.2) is 14.2 Å². The Balaban J connectivity index is 2.48. The molecule has 0 radical (unpaired) electrons. The Labute approximate surface area is 129 Å². The lowest BCUT2D eigenvalue weighted by molar-refractivity contribution is 0.0695. The van der Waals surface area contributed by atoms with Gasteiger partial charge in [-0.3, -0.25) is 0 Å². The molecule has 0 saturated heterocycles. The Bertz CT molecular complexity index is 731. The van der Waals surface area contributed by atoms with E-state index >= 15 is 0 Å². The van der Waals surface area contributed by atoms with E-state index in [2.05, 4.69) is 20.9 Å². The van der Waals surface area contributed by atoms with Crippen LogP contribution in [0.5, 0.6) is 11.6 Å². The van der Waals surface area contributed by atoms with Gasteiger partial charge in [0.25, 0.3) is 0 Å². The molecule has 2 aromatic rings. The molecule has 1 heterocycles. The van der Waals surface area contributed by atoms with Gasteiger partial charge in [-0.05, 0) is 54.4 Å². The second-order valence-electron chi connectivity index (χ2n) is 4.63. The molecule has 1 aromatic carbocycles. The largest absolute Gasteiger partial charge is 0.478 e. The van der Waals surface area contributed by atoms with Crippen LogP contribution in [0.15, 0.2) is 22.7 Å². The zero-order valence-electron chi connectivity index (χ0n) is 11.7. The Kier molecular flexibility index (Phi) is 4.27. The third kappa shape index (κ3) is 3.05. The summed E-state index contributed by atoms with van der Waals surface area (Å²) in [6.07, 6.45) is 0. The highest BCUT2D eigenvalue weighted by atomic mass is 79.9. The molecule has 0 amide bonds. The highest BCUT2D eigenvalue weighted by Crippen LogP contribution is 2.34. The molecule has 0 atom stereocenters. The first kappa shape index (κ1) is 15.4. The van der Waals surface area contributed by atoms with E-state index in [1.807, 2.05) is 0 Å². The molecular formula is C15H13BrFNO3. The highest BCUT2D eigenvalue weighted by molar-refractivity contribution is 9.10. The lowest BCUT2D eigenvalue weighted by atomic mass is 10.1. The van der Waals surface area contributed by atoms with Crippen molar-refractivity contribution in [3.05, 3.63) is 50.9 Å². The second-order valence-corrected chi connectivity index (χ2v) is 5.49. The normalized spacial score (nSPS) is 10.5. The number of benzene rings is 1. The molecule has 21 heavy (non-hydrogen) atoms. The summed E-state index contributed by atoms with van der Waals surface area (Å²) >= 11 is 3.23. The summed E-state index contributed by atoms with van der Waals surface area (Å²) in [6, 6.07) is 4.41. The van der Waals surface area contributed by atoms with Crippen molar-refractivity contribution in [1.82, 2.24) is 4.98 Å². The molecule has 0 fully saturated rings. The number of carboxylic acids is 1. The van der Waals surface area contributed by atoms with Crippen molar-refractivity contribution < 1.29 is 19.0 Å². The fraction of sp³-hybridized carbons (Fsp3) is 0.200. The van der Waals surface area contributed by atoms with Crippen LogP contribution in [0.1, 0.15) is 27.2 Å². The molecule has 0 unspecified atom stereocenters. The maximum Gasteiger partial charge on any atom is 0.337 e. The van der Waals surface area contributed by atoms with E-state index in [1.54, 1.807) is 26.8 Å². The smallest absolute Gasteiger partial charge is 0.337 e. The Hall–Kier alpha value is -1.95. The standard InChI is InChI=1S/C15H13BrFNO3/c1-7-4-5-12(17)8(2)13(7)21-14-11(16)6-10(15(19)20)9(3)18-14/h4-6H,1-3H3,(H,19,20). The van der Waals surface area contributed by atoms with Crippen molar-refractivity contribution in [2.45, 2.75) is 20.8 Å². The average Bonchev–Trinajstić information content (AvgIpc) is 2.42. The number of carbonyl (C=O) groups is 1. The number of halogens is 2. The summed E-state index contributed by atoms with van der Waals surface area (Å²) < 4.78 is 19.7. The van der Waals surface area contributed by atoms with Crippen molar-refractivity contribution in [2.75, 3.05) is 0 Å². The van der Waals surface area contributed by atoms with Gasteiger partial charge in [-0.15, -0.1) is 0 Å². The number of aromatic carboxylic acids is 1. The summed E-state index contributed by atoms with van der Waals surface area (Å²) in [6.45, 7) is 4.99. The topological polar surface area (TPSA) is 59.4 Å². The van der Waals surface area contributed by atoms with Crippen LogP contribution in [0, 0.1) is 26.6 Å². The van der Waals surface area contributed by atoms with Crippen LogP contribution in [0.2, 0.25) is 0 Å². The maximum absolute atomic E-state index is 13.6. The third-order valence-corrected chi connectivity index (χ3v) is 3.67. The van der Waals surface area contributed by atoms with E-state index in [1.165, 1.54) is 12.1 Å². The molecule has 0 aliphatic carbocycles. The number of hydrogen-bond donors (Lipinski definition) is 1. The zero-order chi connectivity index (χ0) is 15.7. The average molecular weight is 354 g/mol. The molecule has 110 valence electrons. The zero-order valence-corrected chi connectivity index (χ0v) is 13.3. The van der Waals surface area contributed by atoms with Crippen LogP contribution < -0.4 is 4.74 Å². The van der Waals surface area contributed by atoms with Crippen LogP contribution in [0.25, 0.3) is 0 Å². The van der Waals surface area contributed by atoms with E-state index in [9.17, 15) is 9.18 Å². The van der Waals surface area contributed by atoms with Gasteiger partial charge in [0.2, 0.25) is 5.88 Å². The minimum absolute atomic E-state index is 0.0851. The Morgan fingerprint density at radius 1 is 1.33 bits per heavy atom. The summed E-state index contributed by atoms with van der Waals surface area (Å²) in [4.78, 5) is 15.2. The summed E-state index contributed by atoms with van der Waals surface area (Å²) in [5.74, 6) is -0.851. The first-order chi connectivity index (χ1) is 9.81. The first-order valence-corrected chi connectivity index (χ1v) is 6.94. The van der Waals surface area contributed by atoms with Gasteiger partial charge < -0.3 is 9.84 Å². The van der Waals surface area contributed by atoms with Crippen molar-refractivity contribution in [1.29, 1.82) is 0 Å². The van der Waals surface area contributed by atoms with Crippen molar-refractivity contribution in [3.8, 4) is 11.6 Å². The van der Waals surface area contributed by atoms with Crippen molar-refractivity contribution >= 4 is 21.9 Å². The molecule has 1 N–H and O–H groups in total. The van der Waals surface area contributed by atoms with Gasteiger partial charge >= 0.3 is 5.97 Å². The monoisotopic (exact) mass is 353 g/mol. The van der Waals surface area contributed by atoms with Crippen LogP contribution in [-0.2, 0) is 0 Å². The van der Waals surface area contributed by atoms with Crippen LogP contribution >= 0.6 is 15.9 Å². The number of aromatic nitrogens is 1. The molecule has 6 heteroatoms. The van der Waals surface area contributed by atoms with Gasteiger partial charge in [0.15, 0.2) is 0 Å². The number of pyridine rings is 1. The predicted molar refractivity (Wildman–Crippen MR) is 79.6 cm³/mol. The van der Waals surface area contributed by atoms with E-state index in [0.29, 0.717) is 21.5 Å². The lowest BCUT2D eigenvalue weighted by Gasteiger charge is -2.13. The molecule has 0 bridgehead atoms. The number of rotatable bonds is 3. The SMILES string of the molecule is Cc1ccc(F)c(C)c1Oc1nc(C)c(C(=O)O)cc1Br. The van der Waals surface area contributed by atoms with Crippen molar-refractivity contribution in [2.24, 2.45) is 0 Å². The van der Waals surface area contributed by atoms with Crippen molar-refractivity contribution in [3.63, 3.8) is 0 Å². The summed E-state index contributed by atoms with van der Waals surface area (Å²) in [7, 11) is 0. The molecule has 2 rings (SSSR count). The molecule has 0 aliphatic heterocycles. The fourth-order valence-corrected chi connectivity index (χ4v) is 2.30. The van der Waals surface area contributed by atoms with Crippen LogP contribution in [0.3, 0.4) is 0 Å². The van der Waals surface area contributed by atoms with Gasteiger partial charge in [-0.2, -0.15) is 0 Å². The quantitative estimate of drug-likeness (QED) is 0.888. The fourth-order valence-electron chi connectivity index (χ4n) is 1.90. The number of ether oxygens (including phenoxy) is 1. The minimum Gasteiger partial charge on any atom is -0.478 e. The molecule has 1 aromatic heterocycles. The van der Waals surface area contributed by atoms with Crippen LogP contribution in [0.4, 0.5) is 4.39 Å². The van der Waals surface area contributed by atoms with Gasteiger partial charge in [0.05, 0.1) is 15.7 Å². The molecule has 4 nitrogen and oxygen atoms in total. The molecular weight excluding hydrogens is 341 g/mol. The predicted octanol–water partition coefficient (Wildman–Crippen LogP) is 4.40. The minimum atomic E-state index is -1.06. The molecule has 0 saturated carbocycles. The maximum atomic E-state index is 13.6. The number of carboxylic acid groups (broad SMARTS) is 1. The van der Waals surface area contributed by atoms with E-state index in [4.69, 9.17) is 9.84 Å². The highest BCUT2D eigenvalue weighted by Gasteiger charge is 2.16. The third-order valence-electron chi connectivity index (χ3n) is 3.10. The van der Waals surface area contributed by atoms with Gasteiger partial charge in [0, 0.05) is 5.56 Å². The van der Waals surface area contributed by atoms with E-state index in [-0.39, 0.29) is 17.3 Å². The van der Waals surface area contributed by atoms with Crippen LogP contribution in [-0.4, -0.2) is 16.1 Å². The summed E-state index contributed by atoms with van der Waals surface area (Å²) in [5.41, 5.74) is 1.56. The second kappa shape index (κ2) is 5.81. The number of nitrogens with zero attached hydrogens (tertiary/aromatic N) is 1. The first-order valence-electron chi connectivity index (χ1n) is 6.15. The lowest BCUT2D eigenvalue weighted by Crippen LogP contribution is -2.04. The van der Waals surface area contributed by atoms with E-state index in [0.717, 1.165) is 5.56 Å². The van der Waals surface area contributed by atoms with Gasteiger partial charge in [0.1, 0.15) is 11.6 Å². The summed E-state index contributed by atoms with van der Waals surface area (Å²) in [5, 5.41) is 9.04. The Morgan fingerprint density at radius 3 is 2.62 bits per heavy atom. The van der Waals surface area contributed by atoms with Gasteiger partial charge in [-0.1, -0.05) is 6.07 Å².